The molecule has 0 aliphatic rings. The van der Waals surface area contributed by atoms with Gasteiger partial charge in [0.1, 0.15) is 0 Å². The molecule has 1 radical (unpaired) electrons. The second kappa shape index (κ2) is 4.72. The van der Waals surface area contributed by atoms with Gasteiger partial charge < -0.3 is 0 Å². The predicted octanol–water partition coefficient (Wildman–Crippen LogP) is 2.66. The van der Waals surface area contributed by atoms with Gasteiger partial charge in [-0.25, -0.2) is 0 Å². The van der Waals surface area contributed by atoms with E-state index in [4.69, 9.17) is 34.8 Å². The first-order valence-corrected chi connectivity index (χ1v) is 3.76. The number of hydrogen-bond acceptors (Lipinski definition) is 0. The summed E-state index contributed by atoms with van der Waals surface area (Å²) in [5.41, 5.74) is 0. The minimum Gasteiger partial charge on any atom is -0.125 e. The lowest BCUT2D eigenvalue weighted by Gasteiger charge is -2.08. The lowest BCUT2D eigenvalue weighted by Crippen LogP contribution is -2.14. The molecule has 3 heteroatoms. The van der Waals surface area contributed by atoms with Crippen LogP contribution in [0.3, 0.4) is 0 Å². The molecule has 0 N–H and O–H groups in total. The Morgan fingerprint density at radius 2 is 1.75 bits per heavy atom. The van der Waals surface area contributed by atoms with Gasteiger partial charge in [0.15, 0.2) is 0 Å². The second-order valence-electron chi connectivity index (χ2n) is 1.47. The minimum atomic E-state index is -0.143. The van der Waals surface area contributed by atoms with Gasteiger partial charge >= 0.3 is 0 Å². The monoisotopic (exact) mass is 173 g/mol. The zero-order valence-electron chi connectivity index (χ0n) is 4.41. The molecule has 0 fully saturated rings. The Labute approximate surface area is 65.1 Å². The third kappa shape index (κ3) is 3.01. The van der Waals surface area contributed by atoms with Gasteiger partial charge in [-0.15, -0.1) is 34.8 Å². The van der Waals surface area contributed by atoms with E-state index < -0.39 is 0 Å². The van der Waals surface area contributed by atoms with Gasteiger partial charge in [0.2, 0.25) is 0 Å². The molecule has 49 valence electrons. The summed E-state index contributed by atoms with van der Waals surface area (Å²) in [6.07, 6.45) is 0.627. The van der Waals surface area contributed by atoms with Crippen LogP contribution in [0.4, 0.5) is 0 Å². The molecule has 0 saturated heterocycles. The Bertz CT molecular complexity index is 47.6. The third-order valence-corrected chi connectivity index (χ3v) is 2.42. The smallest absolute Gasteiger partial charge is 0.0634 e. The van der Waals surface area contributed by atoms with E-state index in [0.717, 1.165) is 0 Å². The summed E-state index contributed by atoms with van der Waals surface area (Å²) in [5, 5.41) is -0.231. The SMILES string of the molecule is [CH2]CC(Cl)C(Cl)CCl. The zero-order chi connectivity index (χ0) is 6.57. The van der Waals surface area contributed by atoms with Crippen LogP contribution in [0.25, 0.3) is 0 Å². The normalized spacial score (nSPS) is 18.0. The maximum absolute atomic E-state index is 5.64. The summed E-state index contributed by atoms with van der Waals surface area (Å²) >= 11 is 16.6. The molecule has 0 aliphatic carbocycles. The van der Waals surface area contributed by atoms with Crippen molar-refractivity contribution in [3.8, 4) is 0 Å². The molecule has 0 aromatic carbocycles. The average molecular weight is 174 g/mol. The molecule has 0 rings (SSSR count). The van der Waals surface area contributed by atoms with Gasteiger partial charge in [-0.1, -0.05) is 6.92 Å². The molecule has 0 amide bonds. The van der Waals surface area contributed by atoms with Crippen molar-refractivity contribution in [3.63, 3.8) is 0 Å². The van der Waals surface area contributed by atoms with E-state index >= 15 is 0 Å². The quantitative estimate of drug-likeness (QED) is 0.577. The Balaban J connectivity index is 3.29. The predicted molar refractivity (Wildman–Crippen MR) is 40.0 cm³/mol. The van der Waals surface area contributed by atoms with Crippen molar-refractivity contribution in [1.82, 2.24) is 0 Å². The summed E-state index contributed by atoms with van der Waals surface area (Å²) in [6, 6.07) is 0. The van der Waals surface area contributed by atoms with Crippen molar-refractivity contribution in [2.24, 2.45) is 0 Å². The van der Waals surface area contributed by atoms with Crippen LogP contribution in [-0.2, 0) is 0 Å². The van der Waals surface area contributed by atoms with Gasteiger partial charge in [-0.3, -0.25) is 0 Å². The number of rotatable bonds is 3. The van der Waals surface area contributed by atoms with Crippen molar-refractivity contribution in [1.29, 1.82) is 0 Å². The van der Waals surface area contributed by atoms with Gasteiger partial charge in [-0.05, 0) is 6.42 Å². The van der Waals surface area contributed by atoms with Crippen LogP contribution in [0.1, 0.15) is 6.42 Å². The van der Waals surface area contributed by atoms with E-state index in [2.05, 4.69) is 6.92 Å². The van der Waals surface area contributed by atoms with E-state index in [1.807, 2.05) is 0 Å². The van der Waals surface area contributed by atoms with Crippen molar-refractivity contribution in [2.75, 3.05) is 5.88 Å². The van der Waals surface area contributed by atoms with E-state index in [1.54, 1.807) is 0 Å². The number of hydrogen-bond donors (Lipinski definition) is 0. The molecular formula is C5H8Cl3. The summed E-state index contributed by atoms with van der Waals surface area (Å²) in [4.78, 5) is 0. The largest absolute Gasteiger partial charge is 0.125 e. The Hall–Kier alpha value is 0.870. The molecule has 0 spiro atoms. The fourth-order valence-electron chi connectivity index (χ4n) is 0.278. The molecule has 2 atom stereocenters. The summed E-state index contributed by atoms with van der Waals surface area (Å²) in [7, 11) is 0. The number of halogens is 3. The van der Waals surface area contributed by atoms with Crippen molar-refractivity contribution < 1.29 is 0 Å². The lowest BCUT2D eigenvalue weighted by molar-refractivity contribution is 0.836. The Morgan fingerprint density at radius 3 is 1.88 bits per heavy atom. The van der Waals surface area contributed by atoms with Crippen LogP contribution in [0.2, 0.25) is 0 Å². The summed E-state index contributed by atoms with van der Waals surface area (Å²) in [5.74, 6) is 0.394. The molecule has 0 aromatic heterocycles. The van der Waals surface area contributed by atoms with Crippen molar-refractivity contribution >= 4 is 34.8 Å². The van der Waals surface area contributed by atoms with Crippen molar-refractivity contribution in [2.45, 2.75) is 17.2 Å². The molecule has 8 heavy (non-hydrogen) atoms. The molecule has 0 saturated carbocycles. The highest BCUT2D eigenvalue weighted by Gasteiger charge is 2.11. The first kappa shape index (κ1) is 8.87. The summed E-state index contributed by atoms with van der Waals surface area (Å²) in [6.45, 7) is 3.58. The Morgan fingerprint density at radius 1 is 1.25 bits per heavy atom. The van der Waals surface area contributed by atoms with Crippen LogP contribution in [0.15, 0.2) is 0 Å². The van der Waals surface area contributed by atoms with E-state index in [1.165, 1.54) is 0 Å². The zero-order valence-corrected chi connectivity index (χ0v) is 6.68. The third-order valence-electron chi connectivity index (χ3n) is 0.816. The average Bonchev–Trinajstić information content (AvgIpc) is 1.84. The molecule has 0 nitrogen and oxygen atoms in total. The van der Waals surface area contributed by atoms with Gasteiger partial charge in [0.05, 0.1) is 10.8 Å². The van der Waals surface area contributed by atoms with Gasteiger partial charge in [0.25, 0.3) is 0 Å². The molecular weight excluding hydrogens is 166 g/mol. The number of alkyl halides is 3. The molecule has 0 aromatic rings. The van der Waals surface area contributed by atoms with Gasteiger partial charge in [0, 0.05) is 5.88 Å². The topological polar surface area (TPSA) is 0 Å². The molecule has 0 aliphatic heterocycles. The second-order valence-corrected chi connectivity index (χ2v) is 2.90. The van der Waals surface area contributed by atoms with E-state index in [-0.39, 0.29) is 10.8 Å². The maximum Gasteiger partial charge on any atom is 0.0634 e. The molecule has 0 heterocycles. The highest BCUT2D eigenvalue weighted by molar-refractivity contribution is 6.33. The van der Waals surface area contributed by atoms with E-state index in [0.29, 0.717) is 12.3 Å². The minimum absolute atomic E-state index is 0.0887. The van der Waals surface area contributed by atoms with Crippen LogP contribution in [-0.4, -0.2) is 16.6 Å². The highest BCUT2D eigenvalue weighted by atomic mass is 35.5. The Kier molecular flexibility index (Phi) is 5.23. The van der Waals surface area contributed by atoms with Crippen LogP contribution in [0, 0.1) is 6.92 Å². The lowest BCUT2D eigenvalue weighted by atomic mass is 10.3. The molecule has 2 unspecified atom stereocenters. The van der Waals surface area contributed by atoms with Gasteiger partial charge in [-0.2, -0.15) is 0 Å². The standard InChI is InChI=1S/C5H8Cl3/c1-2-4(7)5(8)3-6/h4-5H,1-3H2. The highest BCUT2D eigenvalue weighted by Crippen LogP contribution is 2.13. The first-order chi connectivity index (χ1) is 3.72. The van der Waals surface area contributed by atoms with Crippen molar-refractivity contribution in [3.05, 3.63) is 6.92 Å². The van der Waals surface area contributed by atoms with E-state index in [9.17, 15) is 0 Å². The fraction of sp³-hybridized carbons (Fsp3) is 0.800. The van der Waals surface area contributed by atoms with Crippen LogP contribution < -0.4 is 0 Å². The molecule has 0 bridgehead atoms. The first-order valence-electron chi connectivity index (χ1n) is 2.35. The van der Waals surface area contributed by atoms with Crippen LogP contribution >= 0.6 is 34.8 Å². The summed E-state index contributed by atoms with van der Waals surface area (Å²) < 4.78 is 0. The maximum atomic E-state index is 5.64. The fourth-order valence-corrected chi connectivity index (χ4v) is 0.799. The van der Waals surface area contributed by atoms with Crippen LogP contribution in [0.5, 0.6) is 0 Å².